The van der Waals surface area contributed by atoms with Crippen molar-refractivity contribution in [3.8, 4) is 22.8 Å². The van der Waals surface area contributed by atoms with Gasteiger partial charge in [0.2, 0.25) is 0 Å². The number of anilines is 1. The van der Waals surface area contributed by atoms with Gasteiger partial charge in [0, 0.05) is 94.7 Å². The summed E-state index contributed by atoms with van der Waals surface area (Å²) in [4.78, 5) is 25.6. The largest absolute Gasteiger partial charge is 0.496 e. The molecule has 0 spiro atoms. The number of carbonyl (C=O) groups is 1. The molecule has 1 amide bonds. The quantitative estimate of drug-likeness (QED) is 0.434. The minimum Gasteiger partial charge on any atom is -0.496 e. The molecule has 2 aliphatic heterocycles. The van der Waals surface area contributed by atoms with Gasteiger partial charge < -0.3 is 28.8 Å². The van der Waals surface area contributed by atoms with E-state index in [-0.39, 0.29) is 11.5 Å². The summed E-state index contributed by atoms with van der Waals surface area (Å²) in [6.45, 7) is 14.4. The number of amides is 1. The van der Waals surface area contributed by atoms with E-state index in [2.05, 4.69) is 47.6 Å². The van der Waals surface area contributed by atoms with Crippen LogP contribution in [0.1, 0.15) is 20.8 Å². The first-order valence-electron chi connectivity index (χ1n) is 14.2. The molecule has 2 saturated heterocycles. The van der Waals surface area contributed by atoms with Crippen molar-refractivity contribution < 1.29 is 19.4 Å². The third-order valence-corrected chi connectivity index (χ3v) is 8.67. The second-order valence-electron chi connectivity index (χ2n) is 12.0. The molecule has 4 heterocycles. The number of hydrogen-bond donors (Lipinski definition) is 1. The van der Waals surface area contributed by atoms with Crippen LogP contribution in [0.5, 0.6) is 11.5 Å². The van der Waals surface area contributed by atoms with Gasteiger partial charge in [0.1, 0.15) is 17.1 Å². The summed E-state index contributed by atoms with van der Waals surface area (Å²) in [5.74, 6) is 1.22. The maximum atomic E-state index is 11.7. The van der Waals surface area contributed by atoms with Crippen LogP contribution in [0.25, 0.3) is 16.9 Å². The minimum absolute atomic E-state index is 0.00601. The van der Waals surface area contributed by atoms with E-state index >= 15 is 0 Å². The van der Waals surface area contributed by atoms with Crippen molar-refractivity contribution in [3.05, 3.63) is 41.7 Å². The summed E-state index contributed by atoms with van der Waals surface area (Å²) in [7, 11) is 3.21. The van der Waals surface area contributed by atoms with Gasteiger partial charge >= 0.3 is 6.09 Å². The maximum absolute atomic E-state index is 11.7. The number of pyridine rings is 1. The van der Waals surface area contributed by atoms with Crippen LogP contribution in [0, 0.1) is 5.41 Å². The third-order valence-electron chi connectivity index (χ3n) is 8.37. The highest BCUT2D eigenvalue weighted by Gasteiger charge is 2.38. The van der Waals surface area contributed by atoms with Crippen molar-refractivity contribution in [1.29, 1.82) is 0 Å². The first-order chi connectivity index (χ1) is 19.6. The maximum Gasteiger partial charge on any atom is 0.407 e. The van der Waals surface area contributed by atoms with Gasteiger partial charge in [-0.2, -0.15) is 0 Å². The van der Waals surface area contributed by atoms with Crippen molar-refractivity contribution in [2.75, 3.05) is 78.0 Å². The van der Waals surface area contributed by atoms with E-state index in [1.807, 2.05) is 22.9 Å². The molecule has 5 rings (SSSR count). The lowest BCUT2D eigenvalue weighted by atomic mass is 9.84. The van der Waals surface area contributed by atoms with E-state index in [0.29, 0.717) is 23.1 Å². The number of methoxy groups -OCH3 is 2. The number of carboxylic acid groups (broad SMARTS) is 1. The lowest BCUT2D eigenvalue weighted by Gasteiger charge is -2.46. The van der Waals surface area contributed by atoms with Gasteiger partial charge in [-0.3, -0.25) is 9.80 Å². The Morgan fingerprint density at radius 2 is 1.68 bits per heavy atom. The Bertz CT molecular complexity index is 1380. The molecule has 2 aliphatic rings. The Morgan fingerprint density at radius 3 is 2.34 bits per heavy atom. The van der Waals surface area contributed by atoms with Crippen LogP contribution in [-0.2, 0) is 0 Å². The zero-order valence-corrected chi connectivity index (χ0v) is 25.4. The number of halogens is 1. The Kier molecular flexibility index (Phi) is 8.54. The Labute approximate surface area is 247 Å². The summed E-state index contributed by atoms with van der Waals surface area (Å²) in [6, 6.07) is 7.89. The van der Waals surface area contributed by atoms with E-state index < -0.39 is 6.09 Å². The lowest BCUT2D eigenvalue weighted by molar-refractivity contribution is 0.0186. The van der Waals surface area contributed by atoms with Crippen molar-refractivity contribution in [3.63, 3.8) is 0 Å². The SMILES string of the molecule is COc1cc(OC)c(-c2cn3ccc(N4CCN(CCN5CCN(C(=O)O)C(C(C)(C)C)C5)CC4)cc3n2)cc1Cl. The lowest BCUT2D eigenvalue weighted by Crippen LogP contribution is -2.60. The zero-order valence-electron chi connectivity index (χ0n) is 24.6. The van der Waals surface area contributed by atoms with Gasteiger partial charge in [-0.1, -0.05) is 32.4 Å². The summed E-state index contributed by atoms with van der Waals surface area (Å²) < 4.78 is 12.9. The Hall–Kier alpha value is -3.21. The summed E-state index contributed by atoms with van der Waals surface area (Å²) in [5.41, 5.74) is 3.53. The molecule has 41 heavy (non-hydrogen) atoms. The summed E-state index contributed by atoms with van der Waals surface area (Å²) in [6.07, 6.45) is 3.22. The monoisotopic (exact) mass is 584 g/mol. The average molecular weight is 585 g/mol. The standard InChI is InChI=1S/C30H41ClN6O4/c1-30(2,3)27-20-34(12-15-37(27)29(38)39)9-8-33-10-13-35(14-11-33)21-6-7-36-19-24(32-28(36)16-21)22-17-23(31)26(41-5)18-25(22)40-4/h6-7,16-19,27H,8-15,20H2,1-5H3,(H,38,39). The fraction of sp³-hybridized carbons (Fsp3) is 0.533. The average Bonchev–Trinajstić information content (AvgIpc) is 3.39. The number of hydrogen-bond acceptors (Lipinski definition) is 7. The van der Waals surface area contributed by atoms with Crippen LogP contribution in [-0.4, -0.2) is 114 Å². The molecule has 3 aromatic rings. The van der Waals surface area contributed by atoms with E-state index in [9.17, 15) is 9.90 Å². The molecule has 1 atom stereocenters. The zero-order chi connectivity index (χ0) is 29.3. The van der Waals surface area contributed by atoms with Gasteiger partial charge in [-0.15, -0.1) is 0 Å². The van der Waals surface area contributed by atoms with Crippen molar-refractivity contribution in [1.82, 2.24) is 24.1 Å². The van der Waals surface area contributed by atoms with Crippen molar-refractivity contribution in [2.24, 2.45) is 5.41 Å². The number of aromatic nitrogens is 2. The fourth-order valence-corrected chi connectivity index (χ4v) is 6.12. The Balaban J connectivity index is 1.19. The van der Waals surface area contributed by atoms with E-state index in [0.717, 1.165) is 74.9 Å². The summed E-state index contributed by atoms with van der Waals surface area (Å²) in [5, 5.41) is 10.2. The number of imidazole rings is 1. The van der Waals surface area contributed by atoms with Crippen LogP contribution in [0.2, 0.25) is 5.02 Å². The normalized spacial score (nSPS) is 19.1. The highest BCUT2D eigenvalue weighted by atomic mass is 35.5. The highest BCUT2D eigenvalue weighted by molar-refractivity contribution is 6.32. The molecule has 0 radical (unpaired) electrons. The second kappa shape index (κ2) is 12.0. The van der Waals surface area contributed by atoms with E-state index in [1.165, 1.54) is 0 Å². The number of benzene rings is 1. The van der Waals surface area contributed by atoms with Crippen molar-refractivity contribution in [2.45, 2.75) is 26.8 Å². The van der Waals surface area contributed by atoms with Gasteiger partial charge in [-0.25, -0.2) is 9.78 Å². The molecule has 1 unspecified atom stereocenters. The first kappa shape index (κ1) is 29.3. The molecule has 2 fully saturated rings. The molecule has 0 saturated carbocycles. The second-order valence-corrected chi connectivity index (χ2v) is 12.4. The molecule has 0 bridgehead atoms. The molecule has 1 aromatic carbocycles. The van der Waals surface area contributed by atoms with Gasteiger partial charge in [0.15, 0.2) is 0 Å². The summed E-state index contributed by atoms with van der Waals surface area (Å²) >= 11 is 6.40. The Morgan fingerprint density at radius 1 is 1.00 bits per heavy atom. The smallest absolute Gasteiger partial charge is 0.407 e. The van der Waals surface area contributed by atoms with E-state index in [1.54, 1.807) is 25.2 Å². The van der Waals surface area contributed by atoms with E-state index in [4.69, 9.17) is 26.1 Å². The van der Waals surface area contributed by atoms with Crippen molar-refractivity contribution >= 4 is 29.0 Å². The number of ether oxygens (including phenoxy) is 2. The van der Waals surface area contributed by atoms with Gasteiger partial charge in [0.05, 0.1) is 31.0 Å². The molecular formula is C30H41ClN6O4. The number of piperazine rings is 2. The third kappa shape index (κ3) is 6.34. The van der Waals surface area contributed by atoms with Gasteiger partial charge in [-0.05, 0) is 17.5 Å². The molecule has 0 aliphatic carbocycles. The number of fused-ring (bicyclic) bond motifs is 1. The first-order valence-corrected chi connectivity index (χ1v) is 14.5. The molecule has 10 nitrogen and oxygen atoms in total. The number of nitrogens with zero attached hydrogens (tertiary/aromatic N) is 6. The predicted molar refractivity (Wildman–Crippen MR) is 162 cm³/mol. The predicted octanol–water partition coefficient (Wildman–Crippen LogP) is 4.50. The molecule has 1 N–H and O–H groups in total. The van der Waals surface area contributed by atoms with Crippen LogP contribution < -0.4 is 14.4 Å². The number of rotatable bonds is 7. The van der Waals surface area contributed by atoms with Crippen LogP contribution in [0.15, 0.2) is 36.7 Å². The van der Waals surface area contributed by atoms with Gasteiger partial charge in [0.25, 0.3) is 0 Å². The van der Waals surface area contributed by atoms with Crippen LogP contribution >= 0.6 is 11.6 Å². The molecule has 222 valence electrons. The highest BCUT2D eigenvalue weighted by Crippen LogP contribution is 2.38. The molecular weight excluding hydrogens is 544 g/mol. The molecule has 11 heteroatoms. The molecule has 2 aromatic heterocycles. The minimum atomic E-state index is -0.810. The van der Waals surface area contributed by atoms with Crippen LogP contribution in [0.4, 0.5) is 10.5 Å². The fourth-order valence-electron chi connectivity index (χ4n) is 5.88. The topological polar surface area (TPSA) is 86.0 Å². The van der Waals surface area contributed by atoms with Crippen LogP contribution in [0.3, 0.4) is 0 Å².